The second-order valence-corrected chi connectivity index (χ2v) is 18.0. The minimum absolute atomic E-state index is 0.0196. The molecular weight excluding hydrogens is 767 g/mol. The summed E-state index contributed by atoms with van der Waals surface area (Å²) in [7, 11) is 6.89. The molecule has 4 N–H and O–H groups in total. The molecule has 2 aromatic rings. The maximum Gasteiger partial charge on any atom is 0.245 e. The van der Waals surface area contributed by atoms with E-state index in [1.165, 1.54) is 11.3 Å². The number of amides is 4. The summed E-state index contributed by atoms with van der Waals surface area (Å²) < 4.78 is 12.1. The van der Waals surface area contributed by atoms with Gasteiger partial charge in [0.2, 0.25) is 23.6 Å². The quantitative estimate of drug-likeness (QED) is 0.113. The van der Waals surface area contributed by atoms with Crippen LogP contribution in [0.5, 0.6) is 0 Å². The van der Waals surface area contributed by atoms with E-state index in [-0.39, 0.29) is 59.9 Å². The van der Waals surface area contributed by atoms with Crippen LogP contribution in [0.2, 0.25) is 0 Å². The Kier molecular flexibility index (Phi) is 20.9. The van der Waals surface area contributed by atoms with Crippen molar-refractivity contribution in [1.82, 2.24) is 30.3 Å². The van der Waals surface area contributed by atoms with Crippen LogP contribution < -0.4 is 16.4 Å². The Labute approximate surface area is 358 Å². The second-order valence-electron chi connectivity index (χ2n) is 17.1. The topological polar surface area (TPSA) is 159 Å². The van der Waals surface area contributed by atoms with Gasteiger partial charge in [-0.1, -0.05) is 85.2 Å². The van der Waals surface area contributed by atoms with Gasteiger partial charge in [0.25, 0.3) is 0 Å². The number of likely N-dealkylation sites (N-methyl/N-ethyl adjacent to an activating group) is 2. The number of thiazole rings is 1. The summed E-state index contributed by atoms with van der Waals surface area (Å²) in [5, 5.41) is 9.09. The zero-order valence-electron chi connectivity index (χ0n) is 37.7. The van der Waals surface area contributed by atoms with E-state index in [1.54, 1.807) is 32.4 Å². The lowest BCUT2D eigenvalue weighted by Crippen LogP contribution is -2.60. The number of carbonyl (C=O) groups is 4. The SMILES string of the molecule is CC[C@H](C)[C@@H]([C@@H](CC(=O)N1CCC[C@H]1[C@H](OC)[C@@H](C)C(=O)N[C@@H](Cc1ccccc1)c1nccs1)OC)N(C)C(=O)[C@@H](NC(=O)[C@H](C(C)C)N(C)CCCCN)C(C)C. The molecule has 0 bridgehead atoms. The van der Waals surface area contributed by atoms with Crippen molar-refractivity contribution in [1.29, 1.82) is 0 Å². The number of nitrogens with one attached hydrogen (secondary N) is 2. The zero-order chi connectivity index (χ0) is 43.8. The fourth-order valence-corrected chi connectivity index (χ4v) is 9.38. The Morgan fingerprint density at radius 1 is 0.966 bits per heavy atom. The zero-order valence-corrected chi connectivity index (χ0v) is 38.5. The van der Waals surface area contributed by atoms with Crippen LogP contribution in [-0.2, 0) is 35.1 Å². The maximum atomic E-state index is 14.5. The van der Waals surface area contributed by atoms with E-state index in [4.69, 9.17) is 15.2 Å². The van der Waals surface area contributed by atoms with Crippen molar-refractivity contribution < 1.29 is 28.7 Å². The van der Waals surface area contributed by atoms with Crippen LogP contribution >= 0.6 is 11.3 Å². The lowest BCUT2D eigenvalue weighted by molar-refractivity contribution is -0.148. The molecule has 0 radical (unpaired) electrons. The molecule has 3 rings (SSSR count). The van der Waals surface area contributed by atoms with Crippen molar-refractivity contribution in [2.75, 3.05) is 47.9 Å². The average molecular weight is 842 g/mol. The highest BCUT2D eigenvalue weighted by Gasteiger charge is 2.43. The summed E-state index contributed by atoms with van der Waals surface area (Å²) in [4.78, 5) is 66.8. The summed E-state index contributed by atoms with van der Waals surface area (Å²) in [5.41, 5.74) is 6.81. The highest BCUT2D eigenvalue weighted by Crippen LogP contribution is 2.30. The van der Waals surface area contributed by atoms with Crippen LogP contribution in [0.3, 0.4) is 0 Å². The van der Waals surface area contributed by atoms with Crippen molar-refractivity contribution in [3.8, 4) is 0 Å². The smallest absolute Gasteiger partial charge is 0.245 e. The van der Waals surface area contributed by atoms with Gasteiger partial charge in [0.15, 0.2) is 0 Å². The first-order valence-corrected chi connectivity index (χ1v) is 22.5. The van der Waals surface area contributed by atoms with Gasteiger partial charge < -0.3 is 35.6 Å². The van der Waals surface area contributed by atoms with Gasteiger partial charge in [0, 0.05) is 39.4 Å². The van der Waals surface area contributed by atoms with Crippen LogP contribution in [0.1, 0.15) is 104 Å². The number of hydrogen-bond acceptors (Lipinski definition) is 10. The van der Waals surface area contributed by atoms with E-state index in [9.17, 15) is 19.2 Å². The molecule has 0 aliphatic carbocycles. The normalized spacial score (nSPS) is 18.6. The van der Waals surface area contributed by atoms with Crippen LogP contribution in [-0.4, -0.2) is 128 Å². The molecule has 2 heterocycles. The molecule has 1 aliphatic rings. The first kappa shape index (κ1) is 49.9. The number of aromatic nitrogens is 1. The van der Waals surface area contributed by atoms with E-state index in [2.05, 4.69) is 29.5 Å². The van der Waals surface area contributed by atoms with Gasteiger partial charge >= 0.3 is 0 Å². The third kappa shape index (κ3) is 13.8. The fourth-order valence-electron chi connectivity index (χ4n) is 8.69. The molecular formula is C45H75N7O6S. The van der Waals surface area contributed by atoms with Gasteiger partial charge in [-0.3, -0.25) is 24.1 Å². The third-order valence-corrected chi connectivity index (χ3v) is 13.1. The highest BCUT2D eigenvalue weighted by atomic mass is 32.1. The largest absolute Gasteiger partial charge is 0.379 e. The predicted octanol–water partition coefficient (Wildman–Crippen LogP) is 5.30. The highest BCUT2D eigenvalue weighted by molar-refractivity contribution is 7.09. The molecule has 1 saturated heterocycles. The van der Waals surface area contributed by atoms with E-state index in [0.29, 0.717) is 25.9 Å². The molecule has 4 amide bonds. The van der Waals surface area contributed by atoms with Crippen LogP contribution in [0.15, 0.2) is 41.9 Å². The van der Waals surface area contributed by atoms with Crippen LogP contribution in [0.25, 0.3) is 0 Å². The van der Waals surface area contributed by atoms with Gasteiger partial charge in [-0.25, -0.2) is 4.98 Å². The second kappa shape index (κ2) is 24.7. The number of nitrogens with two attached hydrogens (primary N) is 1. The van der Waals surface area contributed by atoms with Crippen molar-refractivity contribution in [2.24, 2.45) is 29.4 Å². The van der Waals surface area contributed by atoms with Gasteiger partial charge in [0.05, 0.1) is 48.7 Å². The van der Waals surface area contributed by atoms with Crippen molar-refractivity contribution in [3.63, 3.8) is 0 Å². The number of rotatable bonds is 25. The Balaban J connectivity index is 1.78. The summed E-state index contributed by atoms with van der Waals surface area (Å²) >= 11 is 1.51. The first-order chi connectivity index (χ1) is 28.1. The Hall–Kier alpha value is -3.43. The third-order valence-electron chi connectivity index (χ3n) is 12.2. The van der Waals surface area contributed by atoms with E-state index in [0.717, 1.165) is 42.8 Å². The fraction of sp³-hybridized carbons (Fsp3) is 0.711. The van der Waals surface area contributed by atoms with Crippen LogP contribution in [0.4, 0.5) is 0 Å². The Morgan fingerprint density at radius 2 is 1.66 bits per heavy atom. The number of ether oxygens (including phenoxy) is 2. The minimum Gasteiger partial charge on any atom is -0.379 e. The molecule has 0 unspecified atom stereocenters. The standard InChI is InChI=1S/C45H75N7O6S/c1-12-31(6)40(51(9)45(56)38(29(2)3)49-43(55)39(30(4)5)50(8)24-17-16-22-46)36(57-10)28-37(53)52-25-18-21-35(52)41(58-11)32(7)42(54)48-34(44-47-23-26-59-44)27-33-19-14-13-15-20-33/h13-15,19-20,23,26,29-32,34-36,38-41H,12,16-18,21-22,24-25,27-28,46H2,1-11H3,(H,48,54)(H,49,55)/t31-,32+,34-,35-,36+,38-,39-,40-,41+/m0/s1. The summed E-state index contributed by atoms with van der Waals surface area (Å²) in [5.74, 6) is -1.41. The van der Waals surface area contributed by atoms with Gasteiger partial charge in [-0.15, -0.1) is 11.3 Å². The molecule has 59 heavy (non-hydrogen) atoms. The molecule has 1 aromatic carbocycles. The molecule has 1 aromatic heterocycles. The van der Waals surface area contributed by atoms with Crippen molar-refractivity contribution in [2.45, 2.75) is 136 Å². The van der Waals surface area contributed by atoms with E-state index in [1.807, 2.05) is 87.2 Å². The van der Waals surface area contributed by atoms with Crippen LogP contribution in [0, 0.1) is 23.7 Å². The maximum absolute atomic E-state index is 14.5. The van der Waals surface area contributed by atoms with Gasteiger partial charge in [0.1, 0.15) is 11.0 Å². The first-order valence-electron chi connectivity index (χ1n) is 21.7. The summed E-state index contributed by atoms with van der Waals surface area (Å²) in [6.45, 7) is 15.7. The van der Waals surface area contributed by atoms with Gasteiger partial charge in [-0.2, -0.15) is 0 Å². The Bertz CT molecular complexity index is 1560. The molecule has 1 fully saturated rings. The number of methoxy groups -OCH3 is 2. The molecule has 0 saturated carbocycles. The molecule has 9 atom stereocenters. The van der Waals surface area contributed by atoms with Crippen molar-refractivity contribution in [3.05, 3.63) is 52.5 Å². The van der Waals surface area contributed by atoms with E-state index >= 15 is 0 Å². The number of benzene rings is 1. The van der Waals surface area contributed by atoms with Crippen molar-refractivity contribution >= 4 is 35.0 Å². The Morgan fingerprint density at radius 3 is 2.22 bits per heavy atom. The number of hydrogen-bond donors (Lipinski definition) is 3. The molecule has 332 valence electrons. The lowest BCUT2D eigenvalue weighted by Gasteiger charge is -2.41. The summed E-state index contributed by atoms with van der Waals surface area (Å²) in [6, 6.07) is 7.77. The molecule has 0 spiro atoms. The monoisotopic (exact) mass is 842 g/mol. The van der Waals surface area contributed by atoms with E-state index < -0.39 is 36.3 Å². The number of nitrogens with zero attached hydrogens (tertiary/aromatic N) is 4. The lowest BCUT2D eigenvalue weighted by atomic mass is 9.89. The predicted molar refractivity (Wildman–Crippen MR) is 236 cm³/mol. The molecule has 14 heteroatoms. The summed E-state index contributed by atoms with van der Waals surface area (Å²) in [6.07, 6.45) is 5.20. The minimum atomic E-state index is -0.771. The number of unbranched alkanes of at least 4 members (excludes halogenated alkanes) is 1. The number of likely N-dealkylation sites (tertiary alicyclic amines) is 1. The molecule has 13 nitrogen and oxygen atoms in total. The molecule has 1 aliphatic heterocycles. The average Bonchev–Trinajstić information content (AvgIpc) is 3.93. The van der Waals surface area contributed by atoms with Gasteiger partial charge in [-0.05, 0) is 75.6 Å². The number of carbonyl (C=O) groups excluding carboxylic acids is 4.